The molecule has 0 aliphatic rings. The number of methoxy groups -OCH3 is 1. The third-order valence-corrected chi connectivity index (χ3v) is 3.00. The number of thiophene rings is 1. The molecule has 0 fully saturated rings. The van der Waals surface area contributed by atoms with Crippen molar-refractivity contribution in [1.29, 1.82) is 0 Å². The number of aryl methyl sites for hydroxylation is 1. The zero-order valence-corrected chi connectivity index (χ0v) is 8.93. The van der Waals surface area contributed by atoms with Gasteiger partial charge < -0.3 is 9.84 Å². The second-order valence-electron chi connectivity index (χ2n) is 2.89. The van der Waals surface area contributed by atoms with Gasteiger partial charge in [0.15, 0.2) is 0 Å². The van der Waals surface area contributed by atoms with E-state index < -0.39 is 12.1 Å². The lowest BCUT2D eigenvalue weighted by Crippen LogP contribution is -2.11. The number of esters is 1. The van der Waals surface area contributed by atoms with Gasteiger partial charge in [0.05, 0.1) is 12.7 Å². The molecule has 0 aromatic carbocycles. The molecule has 0 amide bonds. The van der Waals surface area contributed by atoms with Gasteiger partial charge in [-0.1, -0.05) is 6.58 Å². The third-order valence-electron chi connectivity index (χ3n) is 1.93. The lowest BCUT2D eigenvalue weighted by atomic mass is 10.1. The molecular formula is C10H12O3S. The first-order valence-corrected chi connectivity index (χ1v) is 4.95. The number of hydrogen-bond acceptors (Lipinski definition) is 4. The number of carbonyl (C=O) groups is 1. The van der Waals surface area contributed by atoms with Gasteiger partial charge in [-0.25, -0.2) is 4.79 Å². The molecule has 0 saturated carbocycles. The van der Waals surface area contributed by atoms with Crippen molar-refractivity contribution in [2.75, 3.05) is 7.11 Å². The number of ether oxygens (including phenoxy) is 1. The zero-order valence-electron chi connectivity index (χ0n) is 8.11. The van der Waals surface area contributed by atoms with E-state index in [0.717, 1.165) is 10.4 Å². The van der Waals surface area contributed by atoms with E-state index in [0.29, 0.717) is 0 Å². The van der Waals surface area contributed by atoms with Crippen molar-refractivity contribution >= 4 is 17.3 Å². The molecule has 1 aromatic rings. The molecule has 1 N–H and O–H groups in total. The topological polar surface area (TPSA) is 46.5 Å². The molecule has 0 saturated heterocycles. The Morgan fingerprint density at radius 2 is 2.36 bits per heavy atom. The molecule has 1 heterocycles. The Balaban J connectivity index is 2.86. The average Bonchev–Trinajstić information content (AvgIpc) is 2.61. The van der Waals surface area contributed by atoms with Gasteiger partial charge in [-0.3, -0.25) is 0 Å². The Morgan fingerprint density at radius 1 is 1.71 bits per heavy atom. The summed E-state index contributed by atoms with van der Waals surface area (Å²) in [7, 11) is 1.27. The van der Waals surface area contributed by atoms with Gasteiger partial charge in [0.25, 0.3) is 0 Å². The smallest absolute Gasteiger partial charge is 0.336 e. The maximum atomic E-state index is 11.1. The van der Waals surface area contributed by atoms with Crippen molar-refractivity contribution in [2.45, 2.75) is 13.0 Å². The summed E-state index contributed by atoms with van der Waals surface area (Å²) in [5.74, 6) is -0.578. The first-order valence-electron chi connectivity index (χ1n) is 4.07. The monoisotopic (exact) mass is 212 g/mol. The van der Waals surface area contributed by atoms with Crippen LogP contribution >= 0.6 is 11.3 Å². The number of hydrogen-bond donors (Lipinski definition) is 1. The fraction of sp³-hybridized carbons (Fsp3) is 0.300. The zero-order chi connectivity index (χ0) is 10.7. The molecule has 4 heteroatoms. The van der Waals surface area contributed by atoms with Crippen LogP contribution in [0.3, 0.4) is 0 Å². The molecule has 1 aromatic heterocycles. The fourth-order valence-corrected chi connectivity index (χ4v) is 2.01. The molecule has 0 aliphatic carbocycles. The van der Waals surface area contributed by atoms with Crippen LogP contribution in [-0.4, -0.2) is 18.2 Å². The maximum absolute atomic E-state index is 11.1. The van der Waals surface area contributed by atoms with E-state index in [1.165, 1.54) is 18.4 Å². The van der Waals surface area contributed by atoms with Crippen LogP contribution in [0.2, 0.25) is 0 Å². The summed E-state index contributed by atoms with van der Waals surface area (Å²) in [5, 5.41) is 11.6. The predicted molar refractivity (Wildman–Crippen MR) is 55.2 cm³/mol. The normalized spacial score (nSPS) is 12.2. The first-order chi connectivity index (χ1) is 6.57. The summed E-state index contributed by atoms with van der Waals surface area (Å²) in [4.78, 5) is 11.8. The molecule has 14 heavy (non-hydrogen) atoms. The summed E-state index contributed by atoms with van der Waals surface area (Å²) < 4.78 is 4.48. The quantitative estimate of drug-likeness (QED) is 0.614. The molecule has 0 aliphatic heterocycles. The minimum absolute atomic E-state index is 0.0676. The Labute approximate surface area is 86.6 Å². The highest BCUT2D eigenvalue weighted by molar-refractivity contribution is 7.10. The largest absolute Gasteiger partial charge is 0.466 e. The minimum atomic E-state index is -0.956. The van der Waals surface area contributed by atoms with E-state index in [4.69, 9.17) is 0 Å². The lowest BCUT2D eigenvalue weighted by molar-refractivity contribution is -0.137. The Morgan fingerprint density at radius 3 is 2.79 bits per heavy atom. The van der Waals surface area contributed by atoms with E-state index in [-0.39, 0.29) is 5.57 Å². The van der Waals surface area contributed by atoms with E-state index in [1.54, 1.807) is 0 Å². The molecular weight excluding hydrogens is 200 g/mol. The molecule has 1 atom stereocenters. The van der Waals surface area contributed by atoms with E-state index in [9.17, 15) is 9.90 Å². The minimum Gasteiger partial charge on any atom is -0.466 e. The van der Waals surface area contributed by atoms with Gasteiger partial charge in [0.1, 0.15) is 6.10 Å². The van der Waals surface area contributed by atoms with Crippen LogP contribution in [0.1, 0.15) is 16.5 Å². The van der Waals surface area contributed by atoms with Crippen molar-refractivity contribution in [3.63, 3.8) is 0 Å². The maximum Gasteiger partial charge on any atom is 0.336 e. The van der Waals surface area contributed by atoms with Gasteiger partial charge in [-0.05, 0) is 23.9 Å². The van der Waals surface area contributed by atoms with Crippen LogP contribution in [-0.2, 0) is 9.53 Å². The Hall–Kier alpha value is -1.13. The standard InChI is InChI=1S/C10H12O3S/c1-6-4-5-14-9(6)8(11)7(2)10(12)13-3/h4-5,8,11H,2H2,1,3H3. The van der Waals surface area contributed by atoms with Crippen molar-refractivity contribution < 1.29 is 14.6 Å². The summed E-state index contributed by atoms with van der Waals surface area (Å²) in [5.41, 5.74) is 1.02. The molecule has 0 bridgehead atoms. The highest BCUT2D eigenvalue weighted by atomic mass is 32.1. The number of rotatable bonds is 3. The number of carbonyl (C=O) groups excluding carboxylic acids is 1. The highest BCUT2D eigenvalue weighted by Crippen LogP contribution is 2.28. The molecule has 76 valence electrons. The molecule has 0 spiro atoms. The number of aliphatic hydroxyl groups excluding tert-OH is 1. The van der Waals surface area contributed by atoms with Gasteiger partial charge >= 0.3 is 5.97 Å². The fourth-order valence-electron chi connectivity index (χ4n) is 1.07. The van der Waals surface area contributed by atoms with E-state index in [2.05, 4.69) is 11.3 Å². The first kappa shape index (κ1) is 10.9. The van der Waals surface area contributed by atoms with E-state index in [1.807, 2.05) is 18.4 Å². The van der Waals surface area contributed by atoms with Crippen molar-refractivity contribution in [3.8, 4) is 0 Å². The molecule has 1 rings (SSSR count). The Kier molecular flexibility index (Phi) is 3.43. The van der Waals surface area contributed by atoms with Crippen LogP contribution < -0.4 is 0 Å². The second-order valence-corrected chi connectivity index (χ2v) is 3.83. The van der Waals surface area contributed by atoms with Crippen molar-refractivity contribution in [1.82, 2.24) is 0 Å². The lowest BCUT2D eigenvalue weighted by Gasteiger charge is -2.10. The van der Waals surface area contributed by atoms with Crippen LogP contribution in [0, 0.1) is 6.92 Å². The van der Waals surface area contributed by atoms with Crippen LogP contribution in [0.25, 0.3) is 0 Å². The van der Waals surface area contributed by atoms with E-state index >= 15 is 0 Å². The molecule has 1 unspecified atom stereocenters. The van der Waals surface area contributed by atoms with Crippen molar-refractivity contribution in [3.05, 3.63) is 34.0 Å². The predicted octanol–water partition coefficient (Wildman–Crippen LogP) is 1.82. The Bertz CT molecular complexity index is 354. The SMILES string of the molecule is C=C(C(=O)OC)C(O)c1sccc1C. The summed E-state index contributed by atoms with van der Waals surface area (Å²) in [6.07, 6.45) is -0.956. The van der Waals surface area contributed by atoms with Gasteiger partial charge in [0.2, 0.25) is 0 Å². The average molecular weight is 212 g/mol. The van der Waals surface area contributed by atoms with Gasteiger partial charge in [0, 0.05) is 4.88 Å². The van der Waals surface area contributed by atoms with Crippen LogP contribution in [0.15, 0.2) is 23.6 Å². The third kappa shape index (κ3) is 2.02. The van der Waals surface area contributed by atoms with Crippen molar-refractivity contribution in [2.24, 2.45) is 0 Å². The van der Waals surface area contributed by atoms with Crippen LogP contribution in [0.5, 0.6) is 0 Å². The van der Waals surface area contributed by atoms with Gasteiger partial charge in [-0.15, -0.1) is 11.3 Å². The second kappa shape index (κ2) is 4.39. The van der Waals surface area contributed by atoms with Crippen LogP contribution in [0.4, 0.5) is 0 Å². The molecule has 3 nitrogen and oxygen atoms in total. The molecule has 0 radical (unpaired) electrons. The highest BCUT2D eigenvalue weighted by Gasteiger charge is 2.21. The summed E-state index contributed by atoms with van der Waals surface area (Å²) in [6.45, 7) is 5.38. The van der Waals surface area contributed by atoms with Gasteiger partial charge in [-0.2, -0.15) is 0 Å². The summed E-state index contributed by atoms with van der Waals surface area (Å²) >= 11 is 1.40. The summed E-state index contributed by atoms with van der Waals surface area (Å²) in [6, 6.07) is 1.88. The number of aliphatic hydroxyl groups is 1.